The van der Waals surface area contributed by atoms with Gasteiger partial charge >= 0.3 is 0 Å². The van der Waals surface area contributed by atoms with Gasteiger partial charge < -0.3 is 31.1 Å². The van der Waals surface area contributed by atoms with E-state index in [-0.39, 0.29) is 23.1 Å². The van der Waals surface area contributed by atoms with Crippen molar-refractivity contribution in [3.05, 3.63) is 53.6 Å². The number of carbonyl (C=O) groups is 1. The summed E-state index contributed by atoms with van der Waals surface area (Å²) in [5.41, 5.74) is 5.87. The van der Waals surface area contributed by atoms with Crippen LogP contribution in [0.25, 0.3) is 0 Å². The molecule has 0 heterocycles. The summed E-state index contributed by atoms with van der Waals surface area (Å²) in [5, 5.41) is 32.0. The van der Waals surface area contributed by atoms with Gasteiger partial charge in [-0.1, -0.05) is 12.1 Å². The molecule has 25 heavy (non-hydrogen) atoms. The largest absolute Gasteiger partial charge is 0.508 e. The molecular formula is C18H22N2O5. The Labute approximate surface area is 145 Å². The van der Waals surface area contributed by atoms with Gasteiger partial charge in [-0.2, -0.15) is 0 Å². The number of nitrogens with two attached hydrogens (primary N) is 1. The first-order valence-corrected chi connectivity index (χ1v) is 7.83. The van der Waals surface area contributed by atoms with Crippen LogP contribution in [0.15, 0.2) is 42.5 Å². The van der Waals surface area contributed by atoms with Crippen LogP contribution >= 0.6 is 0 Å². The van der Waals surface area contributed by atoms with Crippen LogP contribution in [0.3, 0.4) is 0 Å². The molecule has 2 unspecified atom stereocenters. The maximum absolute atomic E-state index is 11.2. The summed E-state index contributed by atoms with van der Waals surface area (Å²) in [6.07, 6.45) is -0.710. The molecule has 0 aromatic heterocycles. The zero-order chi connectivity index (χ0) is 18.4. The summed E-state index contributed by atoms with van der Waals surface area (Å²) in [7, 11) is 0. The monoisotopic (exact) mass is 346 g/mol. The Bertz CT molecular complexity index is 718. The van der Waals surface area contributed by atoms with Gasteiger partial charge in [0.25, 0.3) is 5.91 Å². The highest BCUT2D eigenvalue weighted by molar-refractivity contribution is 5.95. The standard InChI is InChI=1S/C18H22N2O5/c1-11(20-9-17(23)12-2-4-13(21)5-3-12)10-25-14-6-7-16(22)15(8-14)18(19)24/h2-8,11,17,20-23H,9-10H2,1H3,(H2,19,24). The Morgan fingerprint density at radius 1 is 1.20 bits per heavy atom. The van der Waals surface area contributed by atoms with Crippen molar-refractivity contribution in [3.63, 3.8) is 0 Å². The molecule has 2 aromatic carbocycles. The third-order valence-corrected chi connectivity index (χ3v) is 3.67. The fraction of sp³-hybridized carbons (Fsp3) is 0.278. The first-order valence-electron chi connectivity index (χ1n) is 7.83. The Morgan fingerprint density at radius 3 is 2.52 bits per heavy atom. The number of phenols is 2. The van der Waals surface area contributed by atoms with Crippen molar-refractivity contribution >= 4 is 5.91 Å². The maximum atomic E-state index is 11.2. The normalized spacial score (nSPS) is 13.2. The lowest BCUT2D eigenvalue weighted by Gasteiger charge is -2.18. The number of amides is 1. The van der Waals surface area contributed by atoms with Gasteiger partial charge in [-0.3, -0.25) is 4.79 Å². The van der Waals surface area contributed by atoms with Crippen molar-refractivity contribution in [2.24, 2.45) is 5.73 Å². The molecule has 2 rings (SSSR count). The highest BCUT2D eigenvalue weighted by atomic mass is 16.5. The summed E-state index contributed by atoms with van der Waals surface area (Å²) in [6, 6.07) is 10.6. The second-order valence-electron chi connectivity index (χ2n) is 5.77. The zero-order valence-electron chi connectivity index (χ0n) is 13.8. The Balaban J connectivity index is 1.82. The number of nitrogens with one attached hydrogen (secondary N) is 1. The Hall–Kier alpha value is -2.77. The lowest BCUT2D eigenvalue weighted by Crippen LogP contribution is -2.34. The van der Waals surface area contributed by atoms with Crippen LogP contribution in [0.5, 0.6) is 17.2 Å². The van der Waals surface area contributed by atoms with E-state index in [0.717, 1.165) is 0 Å². The highest BCUT2D eigenvalue weighted by Gasteiger charge is 2.12. The first-order chi connectivity index (χ1) is 11.9. The number of hydrogen-bond donors (Lipinski definition) is 5. The third-order valence-electron chi connectivity index (χ3n) is 3.67. The quantitative estimate of drug-likeness (QED) is 0.490. The van der Waals surface area contributed by atoms with E-state index in [1.165, 1.54) is 24.3 Å². The molecule has 0 saturated carbocycles. The molecule has 2 atom stereocenters. The van der Waals surface area contributed by atoms with Gasteiger partial charge in [0.2, 0.25) is 0 Å². The summed E-state index contributed by atoms with van der Waals surface area (Å²) in [4.78, 5) is 11.2. The van der Waals surface area contributed by atoms with Gasteiger partial charge in [0.1, 0.15) is 23.9 Å². The number of hydrogen-bond acceptors (Lipinski definition) is 6. The molecule has 0 fully saturated rings. The minimum Gasteiger partial charge on any atom is -0.508 e. The van der Waals surface area contributed by atoms with Crippen molar-refractivity contribution in [2.75, 3.05) is 13.2 Å². The SMILES string of the molecule is CC(COc1ccc(O)c(C(N)=O)c1)NCC(O)c1ccc(O)cc1. The van der Waals surface area contributed by atoms with E-state index in [4.69, 9.17) is 10.5 Å². The zero-order valence-corrected chi connectivity index (χ0v) is 13.8. The highest BCUT2D eigenvalue weighted by Crippen LogP contribution is 2.22. The summed E-state index contributed by atoms with van der Waals surface area (Å²) in [5.74, 6) is -0.358. The summed E-state index contributed by atoms with van der Waals surface area (Å²) < 4.78 is 5.57. The van der Waals surface area contributed by atoms with Gasteiger partial charge in [-0.05, 0) is 42.8 Å². The molecule has 0 bridgehead atoms. The summed E-state index contributed by atoms with van der Waals surface area (Å²) in [6.45, 7) is 2.50. The molecule has 0 aliphatic carbocycles. The Morgan fingerprint density at radius 2 is 1.88 bits per heavy atom. The van der Waals surface area contributed by atoms with E-state index in [1.54, 1.807) is 18.2 Å². The fourth-order valence-electron chi connectivity index (χ4n) is 2.21. The summed E-state index contributed by atoms with van der Waals surface area (Å²) >= 11 is 0. The van der Waals surface area contributed by atoms with Crippen molar-refractivity contribution in [2.45, 2.75) is 19.1 Å². The number of aromatic hydroxyl groups is 2. The number of aliphatic hydroxyl groups is 1. The number of ether oxygens (including phenoxy) is 1. The lowest BCUT2D eigenvalue weighted by atomic mass is 10.1. The molecule has 7 heteroatoms. The van der Waals surface area contributed by atoms with Crippen LogP contribution in [-0.2, 0) is 0 Å². The van der Waals surface area contributed by atoms with E-state index in [0.29, 0.717) is 24.5 Å². The molecule has 134 valence electrons. The third kappa shape index (κ3) is 5.37. The molecule has 2 aromatic rings. The number of phenolic OH excluding ortho intramolecular Hbond substituents is 1. The molecule has 0 saturated heterocycles. The van der Waals surface area contributed by atoms with Crippen molar-refractivity contribution in [1.29, 1.82) is 0 Å². The van der Waals surface area contributed by atoms with Gasteiger partial charge in [-0.15, -0.1) is 0 Å². The maximum Gasteiger partial charge on any atom is 0.252 e. The fourth-order valence-corrected chi connectivity index (χ4v) is 2.21. The Kier molecular flexibility index (Phi) is 6.21. The van der Waals surface area contributed by atoms with Crippen LogP contribution < -0.4 is 15.8 Å². The van der Waals surface area contributed by atoms with E-state index in [1.807, 2.05) is 6.92 Å². The minimum atomic E-state index is -0.730. The van der Waals surface area contributed by atoms with Crippen molar-refractivity contribution in [1.82, 2.24) is 5.32 Å². The van der Waals surface area contributed by atoms with Crippen molar-refractivity contribution < 1.29 is 24.9 Å². The average molecular weight is 346 g/mol. The van der Waals surface area contributed by atoms with Gasteiger partial charge in [0.05, 0.1) is 11.7 Å². The van der Waals surface area contributed by atoms with E-state index in [9.17, 15) is 20.1 Å². The second-order valence-corrected chi connectivity index (χ2v) is 5.77. The number of aliphatic hydroxyl groups excluding tert-OH is 1. The molecular weight excluding hydrogens is 324 g/mol. The molecule has 0 aliphatic rings. The predicted octanol–water partition coefficient (Wildman–Crippen LogP) is 1.29. The molecule has 1 amide bonds. The van der Waals surface area contributed by atoms with E-state index >= 15 is 0 Å². The van der Waals surface area contributed by atoms with Crippen LogP contribution in [0.4, 0.5) is 0 Å². The molecule has 7 nitrogen and oxygen atoms in total. The number of benzene rings is 2. The van der Waals surface area contributed by atoms with E-state index < -0.39 is 12.0 Å². The number of rotatable bonds is 8. The van der Waals surface area contributed by atoms with Gasteiger partial charge in [-0.25, -0.2) is 0 Å². The second kappa shape index (κ2) is 8.36. The molecule has 0 spiro atoms. The van der Waals surface area contributed by atoms with Crippen molar-refractivity contribution in [3.8, 4) is 17.2 Å². The minimum absolute atomic E-state index is 0.000801. The number of primary amides is 1. The topological polar surface area (TPSA) is 125 Å². The first kappa shape index (κ1) is 18.6. The molecule has 6 N–H and O–H groups in total. The van der Waals surface area contributed by atoms with Crippen LogP contribution in [0.2, 0.25) is 0 Å². The smallest absolute Gasteiger partial charge is 0.252 e. The van der Waals surface area contributed by atoms with Crippen LogP contribution in [0.1, 0.15) is 28.9 Å². The van der Waals surface area contributed by atoms with Crippen LogP contribution in [-0.4, -0.2) is 40.4 Å². The lowest BCUT2D eigenvalue weighted by molar-refractivity contribution is 0.0997. The van der Waals surface area contributed by atoms with Gasteiger partial charge in [0.15, 0.2) is 0 Å². The average Bonchev–Trinajstić information content (AvgIpc) is 2.59. The number of carbonyl (C=O) groups excluding carboxylic acids is 1. The predicted molar refractivity (Wildman–Crippen MR) is 92.7 cm³/mol. The van der Waals surface area contributed by atoms with E-state index in [2.05, 4.69) is 5.32 Å². The molecule has 0 aliphatic heterocycles. The van der Waals surface area contributed by atoms with Crippen LogP contribution in [0, 0.1) is 0 Å². The molecule has 0 radical (unpaired) electrons. The van der Waals surface area contributed by atoms with Gasteiger partial charge in [0, 0.05) is 12.6 Å².